The number of benzene rings is 1. The zero-order valence-electron chi connectivity index (χ0n) is 16.0. The van der Waals surface area contributed by atoms with Gasteiger partial charge in [0.15, 0.2) is 7.05 Å². The van der Waals surface area contributed by atoms with Crippen LogP contribution in [0.25, 0.3) is 0 Å². The van der Waals surface area contributed by atoms with E-state index in [-0.39, 0.29) is 0 Å². The average Bonchev–Trinajstić information content (AvgIpc) is 2.63. The molecule has 1 aliphatic heterocycles. The number of nitrogens with one attached hydrogen (secondary N) is 1. The van der Waals surface area contributed by atoms with E-state index in [2.05, 4.69) is 10.2 Å². The minimum absolute atomic E-state index is 0.474. The van der Waals surface area contributed by atoms with E-state index in [9.17, 15) is 4.79 Å². The molecule has 0 atom stereocenters. The molecule has 1 aromatic rings. The Bertz CT molecular complexity index is 646. The van der Waals surface area contributed by atoms with Gasteiger partial charge in [0.1, 0.15) is 5.76 Å². The third-order valence-corrected chi connectivity index (χ3v) is 3.52. The van der Waals surface area contributed by atoms with Gasteiger partial charge in [-0.2, -0.15) is 0 Å². The zero-order chi connectivity index (χ0) is 20.1. The summed E-state index contributed by atoms with van der Waals surface area (Å²) < 4.78 is 10.5. The highest BCUT2D eigenvalue weighted by molar-refractivity contribution is 5.85. The Morgan fingerprint density at radius 1 is 1.33 bits per heavy atom. The van der Waals surface area contributed by atoms with Crippen LogP contribution in [0.2, 0.25) is 0 Å². The first-order valence-electron chi connectivity index (χ1n) is 8.70. The van der Waals surface area contributed by atoms with Gasteiger partial charge in [0.2, 0.25) is 0 Å². The summed E-state index contributed by atoms with van der Waals surface area (Å²) in [6, 6.07) is 7.75. The quantitative estimate of drug-likeness (QED) is 0.363. The highest BCUT2D eigenvalue weighted by Crippen LogP contribution is 2.19. The van der Waals surface area contributed by atoms with Crippen molar-refractivity contribution >= 4 is 17.5 Å². The lowest BCUT2D eigenvalue weighted by Gasteiger charge is -2.28. The van der Waals surface area contributed by atoms with Crippen LogP contribution in [0.5, 0.6) is 0 Å². The number of carbonyl (C=O) groups excluding carboxylic acids is 1. The van der Waals surface area contributed by atoms with E-state index in [1.807, 2.05) is 49.4 Å². The summed E-state index contributed by atoms with van der Waals surface area (Å²) in [5.41, 5.74) is 1.85. The number of anilines is 2. The molecule has 8 heteroatoms. The Hall–Kier alpha value is -2.87. The fourth-order valence-corrected chi connectivity index (χ4v) is 2.28. The molecule has 27 heavy (non-hydrogen) atoms. The van der Waals surface area contributed by atoms with Crippen molar-refractivity contribution in [3.63, 3.8) is 0 Å². The molecule has 1 N–H and O–H groups in total. The molecule has 1 saturated heterocycles. The smallest absolute Gasteiger partial charge is 0.415 e. The summed E-state index contributed by atoms with van der Waals surface area (Å²) in [6.07, 6.45) is 6.10. The monoisotopic (exact) mass is 377 g/mol. The van der Waals surface area contributed by atoms with E-state index in [1.54, 1.807) is 6.92 Å². The SMILES string of the molecule is C/C=C\C/C=C(\C)OC(=O)Nc1ccc(N2CCOCC2)cc1.C[N+](=O)[O-]. The maximum Gasteiger partial charge on any atom is 0.416 e. The van der Waals surface area contributed by atoms with Crippen LogP contribution < -0.4 is 10.2 Å². The van der Waals surface area contributed by atoms with Gasteiger partial charge in [-0.05, 0) is 50.6 Å². The summed E-state index contributed by atoms with van der Waals surface area (Å²) in [5.74, 6) is 0.588. The zero-order valence-corrected chi connectivity index (χ0v) is 16.0. The van der Waals surface area contributed by atoms with E-state index >= 15 is 0 Å². The van der Waals surface area contributed by atoms with Gasteiger partial charge in [-0.3, -0.25) is 15.4 Å². The van der Waals surface area contributed by atoms with Gasteiger partial charge in [0, 0.05) is 29.4 Å². The first-order chi connectivity index (χ1) is 12.9. The summed E-state index contributed by atoms with van der Waals surface area (Å²) >= 11 is 0. The second-order valence-electron chi connectivity index (χ2n) is 5.72. The fraction of sp³-hybridized carbons (Fsp3) is 0.421. The molecule has 8 nitrogen and oxygen atoms in total. The van der Waals surface area contributed by atoms with Crippen LogP contribution in [0.15, 0.2) is 48.3 Å². The van der Waals surface area contributed by atoms with Crippen molar-refractivity contribution in [2.75, 3.05) is 43.6 Å². The van der Waals surface area contributed by atoms with Gasteiger partial charge in [-0.1, -0.05) is 12.2 Å². The van der Waals surface area contributed by atoms with Crippen LogP contribution in [0.4, 0.5) is 16.2 Å². The van der Waals surface area contributed by atoms with Crippen LogP contribution >= 0.6 is 0 Å². The number of morpholine rings is 1. The molecule has 1 aromatic carbocycles. The van der Waals surface area contributed by atoms with E-state index in [1.165, 1.54) is 0 Å². The summed E-state index contributed by atoms with van der Waals surface area (Å²) in [7, 11) is 0.889. The number of hydrogen-bond acceptors (Lipinski definition) is 6. The standard InChI is InChI=1S/C18H24N2O3.CH3NO2/c1-3-4-5-6-15(2)23-18(21)19-16-7-9-17(10-8-16)20-11-13-22-14-12-20;1-2(3)4/h3-4,6-10H,5,11-14H2,1-2H3,(H,19,21);1H3/b4-3-,15-6+;. The van der Waals surface area contributed by atoms with Crippen LogP contribution in [-0.4, -0.2) is 44.4 Å². The summed E-state index contributed by atoms with van der Waals surface area (Å²) in [5, 5.41) is 11.5. The first-order valence-corrected chi connectivity index (χ1v) is 8.70. The number of carbonyl (C=O) groups is 1. The van der Waals surface area contributed by atoms with E-state index < -0.39 is 11.0 Å². The Kier molecular flexibility index (Phi) is 10.2. The molecule has 0 bridgehead atoms. The third kappa shape index (κ3) is 10.0. The number of nitro groups is 1. The topological polar surface area (TPSA) is 93.9 Å². The average molecular weight is 377 g/mol. The molecular formula is C19H27N3O5. The lowest BCUT2D eigenvalue weighted by atomic mass is 10.2. The van der Waals surface area contributed by atoms with Crippen LogP contribution in [0.1, 0.15) is 20.3 Å². The van der Waals surface area contributed by atoms with E-state index in [4.69, 9.17) is 19.6 Å². The van der Waals surface area contributed by atoms with E-state index in [0.717, 1.165) is 45.5 Å². The predicted octanol–water partition coefficient (Wildman–Crippen LogP) is 3.83. The molecule has 1 fully saturated rings. The molecule has 0 radical (unpaired) electrons. The van der Waals surface area contributed by atoms with Crippen molar-refractivity contribution in [1.82, 2.24) is 0 Å². The number of rotatable bonds is 5. The molecule has 0 spiro atoms. The highest BCUT2D eigenvalue weighted by atomic mass is 16.6. The maximum absolute atomic E-state index is 11.8. The van der Waals surface area contributed by atoms with Crippen LogP contribution in [-0.2, 0) is 9.47 Å². The van der Waals surface area contributed by atoms with Crippen molar-refractivity contribution in [1.29, 1.82) is 0 Å². The van der Waals surface area contributed by atoms with Crippen LogP contribution in [0, 0.1) is 10.1 Å². The van der Waals surface area contributed by atoms with Crippen molar-refractivity contribution < 1.29 is 19.2 Å². The second-order valence-corrected chi connectivity index (χ2v) is 5.72. The molecule has 2 rings (SSSR count). The van der Waals surface area contributed by atoms with Crippen molar-refractivity contribution in [2.24, 2.45) is 0 Å². The molecular weight excluding hydrogens is 350 g/mol. The van der Waals surface area contributed by atoms with Gasteiger partial charge in [-0.25, -0.2) is 4.79 Å². The summed E-state index contributed by atoms with van der Waals surface area (Å²) in [4.78, 5) is 22.4. The third-order valence-electron chi connectivity index (χ3n) is 3.52. The summed E-state index contributed by atoms with van der Waals surface area (Å²) in [6.45, 7) is 7.02. The lowest BCUT2D eigenvalue weighted by Crippen LogP contribution is -2.36. The highest BCUT2D eigenvalue weighted by Gasteiger charge is 2.11. The van der Waals surface area contributed by atoms with Crippen LogP contribution in [0.3, 0.4) is 0 Å². The number of allylic oxidation sites excluding steroid dienone is 4. The van der Waals surface area contributed by atoms with Crippen molar-refractivity contribution in [3.05, 3.63) is 58.4 Å². The lowest BCUT2D eigenvalue weighted by molar-refractivity contribution is -0.445. The normalized spacial score (nSPS) is 14.3. The van der Waals surface area contributed by atoms with Crippen molar-refractivity contribution in [3.8, 4) is 0 Å². The van der Waals surface area contributed by atoms with Gasteiger partial charge < -0.3 is 14.4 Å². The predicted molar refractivity (Wildman–Crippen MR) is 106 cm³/mol. The molecule has 0 aromatic heterocycles. The van der Waals surface area contributed by atoms with E-state index in [0.29, 0.717) is 11.4 Å². The maximum atomic E-state index is 11.8. The Labute approximate surface area is 159 Å². The molecule has 0 saturated carbocycles. The Morgan fingerprint density at radius 3 is 2.48 bits per heavy atom. The number of hydrogen-bond donors (Lipinski definition) is 1. The number of ether oxygens (including phenoxy) is 2. The van der Waals surface area contributed by atoms with Gasteiger partial charge >= 0.3 is 6.09 Å². The Balaban J connectivity index is 0.000000828. The molecule has 1 heterocycles. The van der Waals surface area contributed by atoms with Gasteiger partial charge in [-0.15, -0.1) is 0 Å². The Morgan fingerprint density at radius 2 is 1.93 bits per heavy atom. The second kappa shape index (κ2) is 12.5. The molecule has 1 amide bonds. The first kappa shape index (κ1) is 22.2. The molecule has 1 aliphatic rings. The largest absolute Gasteiger partial charge is 0.416 e. The fourth-order valence-electron chi connectivity index (χ4n) is 2.28. The minimum atomic E-state index is -0.500. The van der Waals surface area contributed by atoms with Gasteiger partial charge in [0.05, 0.1) is 13.2 Å². The molecule has 0 unspecified atom stereocenters. The molecule has 148 valence electrons. The minimum Gasteiger partial charge on any atom is -0.415 e. The number of nitrogens with zero attached hydrogens (tertiary/aromatic N) is 2. The number of amides is 1. The van der Waals surface area contributed by atoms with Crippen molar-refractivity contribution in [2.45, 2.75) is 20.3 Å². The van der Waals surface area contributed by atoms with Gasteiger partial charge in [0.25, 0.3) is 0 Å². The molecule has 0 aliphatic carbocycles.